The van der Waals surface area contributed by atoms with Crippen molar-refractivity contribution in [2.75, 3.05) is 10.6 Å². The fourth-order valence-corrected chi connectivity index (χ4v) is 3.61. The maximum absolute atomic E-state index is 12.3. The van der Waals surface area contributed by atoms with Crippen molar-refractivity contribution < 1.29 is 14.5 Å². The van der Waals surface area contributed by atoms with E-state index in [4.69, 9.17) is 0 Å². The molecule has 25 heavy (non-hydrogen) atoms. The molecule has 128 valence electrons. The Labute approximate surface area is 148 Å². The van der Waals surface area contributed by atoms with E-state index >= 15 is 0 Å². The summed E-state index contributed by atoms with van der Waals surface area (Å²) in [6.45, 7) is 1.68. The molecular weight excluding hydrogens is 342 g/mol. The van der Waals surface area contributed by atoms with Crippen molar-refractivity contribution in [1.29, 1.82) is 0 Å². The number of hydrogen-bond acceptors (Lipinski definition) is 5. The molecule has 2 N–H and O–H groups in total. The first-order valence-electron chi connectivity index (χ1n) is 7.55. The first-order chi connectivity index (χ1) is 11.9. The molecule has 1 aliphatic heterocycles. The molecule has 0 aliphatic carbocycles. The predicted octanol–water partition coefficient (Wildman–Crippen LogP) is 3.34. The highest BCUT2D eigenvalue weighted by Gasteiger charge is 2.28. The summed E-state index contributed by atoms with van der Waals surface area (Å²) in [6.07, 6.45) is 0.0151. The molecule has 7 nitrogen and oxygen atoms in total. The molecule has 1 heterocycles. The quantitative estimate of drug-likeness (QED) is 0.645. The van der Waals surface area contributed by atoms with Gasteiger partial charge in [-0.15, -0.1) is 11.8 Å². The summed E-state index contributed by atoms with van der Waals surface area (Å²) in [6, 6.07) is 11.6. The van der Waals surface area contributed by atoms with E-state index in [0.29, 0.717) is 11.3 Å². The molecule has 1 aliphatic rings. The van der Waals surface area contributed by atoms with Crippen LogP contribution in [0.3, 0.4) is 0 Å². The van der Waals surface area contributed by atoms with Crippen LogP contribution in [0.1, 0.15) is 12.0 Å². The molecule has 0 saturated heterocycles. The number of fused-ring (bicyclic) bond motifs is 1. The number of carbonyl (C=O) groups excluding carboxylic acids is 2. The lowest BCUT2D eigenvalue weighted by Gasteiger charge is -2.23. The Morgan fingerprint density at radius 1 is 1.32 bits per heavy atom. The number of amides is 2. The normalized spacial score (nSPS) is 15.9. The summed E-state index contributed by atoms with van der Waals surface area (Å²) >= 11 is 1.35. The third kappa shape index (κ3) is 3.80. The van der Waals surface area contributed by atoms with Gasteiger partial charge in [0.05, 0.1) is 15.9 Å². The smallest absolute Gasteiger partial charge is 0.269 e. The highest BCUT2D eigenvalue weighted by atomic mass is 32.2. The zero-order valence-electron chi connectivity index (χ0n) is 13.3. The monoisotopic (exact) mass is 357 g/mol. The van der Waals surface area contributed by atoms with Crippen LogP contribution in [0.5, 0.6) is 0 Å². The van der Waals surface area contributed by atoms with E-state index in [0.717, 1.165) is 10.6 Å². The number of thioether (sulfide) groups is 1. The second-order valence-electron chi connectivity index (χ2n) is 5.60. The number of hydrogen-bond donors (Lipinski definition) is 2. The molecule has 1 atom stereocenters. The number of aryl methyl sites for hydroxylation is 1. The van der Waals surface area contributed by atoms with Crippen LogP contribution in [0.2, 0.25) is 0 Å². The fraction of sp³-hybridized carbons (Fsp3) is 0.176. The van der Waals surface area contributed by atoms with E-state index in [1.54, 1.807) is 6.92 Å². The minimum atomic E-state index is -0.520. The zero-order valence-corrected chi connectivity index (χ0v) is 14.1. The molecule has 0 bridgehead atoms. The first-order valence-corrected chi connectivity index (χ1v) is 8.43. The average molecular weight is 357 g/mol. The maximum Gasteiger partial charge on any atom is 0.269 e. The number of non-ortho nitro benzene ring substituents is 1. The second-order valence-corrected chi connectivity index (χ2v) is 6.85. The van der Waals surface area contributed by atoms with Gasteiger partial charge in [0.25, 0.3) is 5.69 Å². The number of anilines is 2. The van der Waals surface area contributed by atoms with Gasteiger partial charge in [-0.3, -0.25) is 19.7 Å². The number of para-hydroxylation sites is 1. The molecule has 8 heteroatoms. The molecule has 0 fully saturated rings. The molecule has 0 radical (unpaired) electrons. The number of rotatable bonds is 4. The second kappa shape index (κ2) is 6.94. The van der Waals surface area contributed by atoms with E-state index in [1.165, 1.54) is 30.0 Å². The van der Waals surface area contributed by atoms with Gasteiger partial charge in [0, 0.05) is 29.1 Å². The Morgan fingerprint density at radius 3 is 2.80 bits per heavy atom. The first kappa shape index (κ1) is 17.0. The predicted molar refractivity (Wildman–Crippen MR) is 95.8 cm³/mol. The number of carbonyl (C=O) groups is 2. The van der Waals surface area contributed by atoms with Crippen LogP contribution in [0.25, 0.3) is 0 Å². The standard InChI is InChI=1S/C17H15N3O4S/c1-10-8-11(20(23)24)6-7-12(10)18-16(21)9-15-17(22)19-13-4-2-3-5-14(13)25-15/h2-8,15H,9H2,1H3,(H,18,21)(H,19,22)/t15-/m1/s1. The summed E-state index contributed by atoms with van der Waals surface area (Å²) < 4.78 is 0. The fourth-order valence-electron chi connectivity index (χ4n) is 2.50. The van der Waals surface area contributed by atoms with Gasteiger partial charge in [-0.25, -0.2) is 0 Å². The summed E-state index contributed by atoms with van der Waals surface area (Å²) in [5.41, 5.74) is 1.81. The number of nitro groups is 1. The van der Waals surface area contributed by atoms with E-state index in [1.807, 2.05) is 24.3 Å². The van der Waals surface area contributed by atoms with Gasteiger partial charge < -0.3 is 10.6 Å². The molecule has 0 unspecified atom stereocenters. The maximum atomic E-state index is 12.3. The van der Waals surface area contributed by atoms with Crippen molar-refractivity contribution in [3.8, 4) is 0 Å². The van der Waals surface area contributed by atoms with Gasteiger partial charge in [0.15, 0.2) is 0 Å². The minimum Gasteiger partial charge on any atom is -0.326 e. The summed E-state index contributed by atoms with van der Waals surface area (Å²) in [4.78, 5) is 35.6. The van der Waals surface area contributed by atoms with Crippen molar-refractivity contribution in [3.63, 3.8) is 0 Å². The Hall–Kier alpha value is -2.87. The Kier molecular flexibility index (Phi) is 4.71. The lowest BCUT2D eigenvalue weighted by atomic mass is 10.1. The molecule has 2 amide bonds. The molecule has 0 aromatic heterocycles. The lowest BCUT2D eigenvalue weighted by molar-refractivity contribution is -0.384. The summed E-state index contributed by atoms with van der Waals surface area (Å²) in [7, 11) is 0. The Balaban J connectivity index is 1.67. The molecule has 2 aromatic carbocycles. The average Bonchev–Trinajstić information content (AvgIpc) is 2.57. The highest BCUT2D eigenvalue weighted by Crippen LogP contribution is 2.36. The van der Waals surface area contributed by atoms with Crippen LogP contribution < -0.4 is 10.6 Å². The van der Waals surface area contributed by atoms with Crippen LogP contribution in [0.4, 0.5) is 17.1 Å². The van der Waals surface area contributed by atoms with E-state index in [-0.39, 0.29) is 23.9 Å². The summed E-state index contributed by atoms with van der Waals surface area (Å²) in [5, 5.41) is 15.7. The molecule has 0 saturated carbocycles. The van der Waals surface area contributed by atoms with Crippen molar-refractivity contribution in [2.24, 2.45) is 0 Å². The van der Waals surface area contributed by atoms with Gasteiger partial charge >= 0.3 is 0 Å². The van der Waals surface area contributed by atoms with E-state index < -0.39 is 10.2 Å². The largest absolute Gasteiger partial charge is 0.326 e. The molecule has 2 aromatic rings. The van der Waals surface area contributed by atoms with Gasteiger partial charge in [-0.1, -0.05) is 12.1 Å². The number of nitrogens with one attached hydrogen (secondary N) is 2. The van der Waals surface area contributed by atoms with Crippen LogP contribution in [0.15, 0.2) is 47.4 Å². The van der Waals surface area contributed by atoms with Gasteiger partial charge in [0.1, 0.15) is 0 Å². The number of nitrogens with zero attached hydrogens (tertiary/aromatic N) is 1. The van der Waals surface area contributed by atoms with Gasteiger partial charge in [-0.05, 0) is 30.7 Å². The molecular formula is C17H15N3O4S. The summed E-state index contributed by atoms with van der Waals surface area (Å²) in [5.74, 6) is -0.525. The van der Waals surface area contributed by atoms with Crippen molar-refractivity contribution in [2.45, 2.75) is 23.5 Å². The number of nitro benzene ring substituents is 1. The minimum absolute atomic E-state index is 0.0151. The van der Waals surface area contributed by atoms with Crippen LogP contribution in [0, 0.1) is 17.0 Å². The SMILES string of the molecule is Cc1cc([N+](=O)[O-])ccc1NC(=O)C[C@H]1Sc2ccccc2NC1=O. The Bertz CT molecular complexity index is 869. The number of benzene rings is 2. The van der Waals surface area contributed by atoms with Gasteiger partial charge in [0.2, 0.25) is 11.8 Å². The third-order valence-electron chi connectivity index (χ3n) is 3.77. The molecule has 0 spiro atoms. The lowest BCUT2D eigenvalue weighted by Crippen LogP contribution is -2.32. The van der Waals surface area contributed by atoms with Crippen molar-refractivity contribution in [1.82, 2.24) is 0 Å². The zero-order chi connectivity index (χ0) is 18.0. The topological polar surface area (TPSA) is 101 Å². The van der Waals surface area contributed by atoms with Crippen LogP contribution in [-0.4, -0.2) is 22.0 Å². The van der Waals surface area contributed by atoms with Crippen LogP contribution in [-0.2, 0) is 9.59 Å². The Morgan fingerprint density at radius 2 is 2.08 bits per heavy atom. The van der Waals surface area contributed by atoms with E-state index in [9.17, 15) is 19.7 Å². The van der Waals surface area contributed by atoms with Crippen molar-refractivity contribution in [3.05, 3.63) is 58.1 Å². The third-order valence-corrected chi connectivity index (χ3v) is 5.05. The highest BCUT2D eigenvalue weighted by molar-refractivity contribution is 8.01. The van der Waals surface area contributed by atoms with Crippen LogP contribution >= 0.6 is 11.8 Å². The van der Waals surface area contributed by atoms with Crippen molar-refractivity contribution >= 4 is 40.6 Å². The van der Waals surface area contributed by atoms with Gasteiger partial charge in [-0.2, -0.15) is 0 Å². The van der Waals surface area contributed by atoms with E-state index in [2.05, 4.69) is 10.6 Å². The molecule has 3 rings (SSSR count).